The molecular weight excluding hydrogens is 364 g/mol. The van der Waals surface area contributed by atoms with Crippen molar-refractivity contribution in [2.75, 3.05) is 0 Å². The molecule has 94 valence electrons. The average molecular weight is 376 g/mol. The Balaban J connectivity index is 2.17. The van der Waals surface area contributed by atoms with Gasteiger partial charge in [0, 0.05) is 0 Å². The van der Waals surface area contributed by atoms with Crippen molar-refractivity contribution >= 4 is 35.2 Å². The molecule has 0 saturated heterocycles. The van der Waals surface area contributed by atoms with Gasteiger partial charge >= 0.3 is 117 Å². The van der Waals surface area contributed by atoms with Gasteiger partial charge in [0.15, 0.2) is 0 Å². The van der Waals surface area contributed by atoms with E-state index in [4.69, 9.17) is 0 Å². The normalized spacial score (nSPS) is 10.7. The van der Waals surface area contributed by atoms with Crippen LogP contribution in [0.3, 0.4) is 0 Å². The molecule has 0 aliphatic carbocycles. The van der Waals surface area contributed by atoms with Crippen LogP contribution in [-0.4, -0.2) is 26.3 Å². The van der Waals surface area contributed by atoms with Crippen LogP contribution < -0.4 is 8.92 Å². The van der Waals surface area contributed by atoms with E-state index in [1.54, 1.807) is 38.1 Å². The number of hydrogen-bond acceptors (Lipinski definition) is 0. The van der Waals surface area contributed by atoms with Gasteiger partial charge in [-0.1, -0.05) is 0 Å². The zero-order valence-corrected chi connectivity index (χ0v) is 13.5. The Hall–Kier alpha value is -0.661. The van der Waals surface area contributed by atoms with Crippen LogP contribution in [0.5, 0.6) is 0 Å². The molecule has 0 amide bonds. The summed E-state index contributed by atoms with van der Waals surface area (Å²) in [6.45, 7) is 3.52. The van der Waals surface area contributed by atoms with Gasteiger partial charge in [0.05, 0.1) is 0 Å². The third-order valence-electron chi connectivity index (χ3n) is 2.53. The summed E-state index contributed by atoms with van der Waals surface area (Å²) in [5, 5.41) is 0. The van der Waals surface area contributed by atoms with E-state index in [9.17, 15) is 8.78 Å². The molecule has 0 heterocycles. The second-order valence-electron chi connectivity index (χ2n) is 3.94. The molecular formula is C14H12F2Se2. The van der Waals surface area contributed by atoms with E-state index < -0.39 is 0 Å². The van der Waals surface area contributed by atoms with Crippen molar-refractivity contribution in [3.8, 4) is 0 Å². The quantitative estimate of drug-likeness (QED) is 0.718. The van der Waals surface area contributed by atoms with E-state index >= 15 is 0 Å². The van der Waals surface area contributed by atoms with Gasteiger partial charge in [-0.3, -0.25) is 0 Å². The number of halogens is 2. The first kappa shape index (κ1) is 13.8. The molecule has 0 aliphatic heterocycles. The molecule has 0 atom stereocenters. The van der Waals surface area contributed by atoms with E-state index in [2.05, 4.69) is 0 Å². The summed E-state index contributed by atoms with van der Waals surface area (Å²) in [5.74, 6) is -0.264. The van der Waals surface area contributed by atoms with E-state index in [-0.39, 0.29) is 37.9 Å². The summed E-state index contributed by atoms with van der Waals surface area (Å²) in [5.41, 5.74) is 1.32. The van der Waals surface area contributed by atoms with Crippen molar-refractivity contribution in [1.29, 1.82) is 0 Å². The monoisotopic (exact) mass is 378 g/mol. The van der Waals surface area contributed by atoms with Gasteiger partial charge in [-0.25, -0.2) is 0 Å². The Labute approximate surface area is 117 Å². The van der Waals surface area contributed by atoms with E-state index in [1.807, 2.05) is 12.1 Å². The first-order valence-corrected chi connectivity index (χ1v) is 11.5. The second kappa shape index (κ2) is 5.99. The molecule has 18 heavy (non-hydrogen) atoms. The maximum atomic E-state index is 13.8. The number of benzene rings is 2. The minimum absolute atomic E-state index is 0.0161. The Morgan fingerprint density at radius 2 is 1.11 bits per heavy atom. The standard InChI is InChI=1S/C14H12F2Se2/c1-9-5-3-7-11(13(9)15)17-18-12-8-4-6-10(2)14(12)16/h3-8H,1-2H3. The molecule has 0 N–H and O–H groups in total. The van der Waals surface area contributed by atoms with Crippen LogP contribution >= 0.6 is 0 Å². The number of rotatable bonds is 3. The minimum atomic E-state index is -0.132. The van der Waals surface area contributed by atoms with Crippen molar-refractivity contribution in [2.24, 2.45) is 0 Å². The van der Waals surface area contributed by atoms with Crippen LogP contribution in [0.15, 0.2) is 36.4 Å². The van der Waals surface area contributed by atoms with Crippen molar-refractivity contribution in [2.45, 2.75) is 13.8 Å². The van der Waals surface area contributed by atoms with Crippen molar-refractivity contribution in [1.82, 2.24) is 0 Å². The van der Waals surface area contributed by atoms with Crippen molar-refractivity contribution < 1.29 is 8.78 Å². The zero-order chi connectivity index (χ0) is 13.1. The van der Waals surface area contributed by atoms with E-state index in [0.717, 1.165) is 8.92 Å². The number of aryl methyl sites for hydroxylation is 2. The molecule has 0 radical (unpaired) electrons. The molecule has 0 fully saturated rings. The van der Waals surface area contributed by atoms with Crippen LogP contribution in [0.4, 0.5) is 8.78 Å². The first-order valence-electron chi connectivity index (χ1n) is 5.44. The Morgan fingerprint density at radius 1 is 0.722 bits per heavy atom. The fraction of sp³-hybridized carbons (Fsp3) is 0.143. The van der Waals surface area contributed by atoms with Gasteiger partial charge < -0.3 is 0 Å². The predicted octanol–water partition coefficient (Wildman–Crippen LogP) is 1.86. The SMILES string of the molecule is Cc1cccc([Se][Se]c2cccc(C)c2F)c1F. The summed E-state index contributed by atoms with van der Waals surface area (Å²) in [4.78, 5) is 0. The third-order valence-corrected chi connectivity index (χ3v) is 9.61. The summed E-state index contributed by atoms with van der Waals surface area (Å²) in [6.07, 6.45) is 0. The Bertz CT molecular complexity index is 516. The molecule has 0 aromatic heterocycles. The van der Waals surface area contributed by atoms with E-state index in [0.29, 0.717) is 11.1 Å². The van der Waals surface area contributed by atoms with Crippen LogP contribution in [-0.2, 0) is 0 Å². The topological polar surface area (TPSA) is 0 Å². The van der Waals surface area contributed by atoms with Crippen LogP contribution in [0.2, 0.25) is 0 Å². The van der Waals surface area contributed by atoms with Gasteiger partial charge in [0.1, 0.15) is 0 Å². The zero-order valence-electron chi connectivity index (χ0n) is 10.0. The van der Waals surface area contributed by atoms with Crippen LogP contribution in [0.1, 0.15) is 11.1 Å². The first-order chi connectivity index (χ1) is 8.59. The van der Waals surface area contributed by atoms with E-state index in [1.165, 1.54) is 0 Å². The van der Waals surface area contributed by atoms with Crippen molar-refractivity contribution in [3.05, 3.63) is 59.2 Å². The molecule has 0 nitrogen and oxygen atoms in total. The molecule has 2 aromatic carbocycles. The van der Waals surface area contributed by atoms with Gasteiger partial charge in [0.2, 0.25) is 0 Å². The molecule has 0 aliphatic rings. The summed E-state index contributed by atoms with van der Waals surface area (Å²) >= 11 is -0.0323. The molecule has 2 aromatic rings. The molecule has 2 rings (SSSR count). The summed E-state index contributed by atoms with van der Waals surface area (Å²) < 4.78 is 29.1. The van der Waals surface area contributed by atoms with Crippen LogP contribution in [0.25, 0.3) is 0 Å². The van der Waals surface area contributed by atoms with Crippen LogP contribution in [0, 0.1) is 25.5 Å². The van der Waals surface area contributed by atoms with Gasteiger partial charge in [-0.15, -0.1) is 0 Å². The molecule has 0 bridgehead atoms. The fourth-order valence-corrected chi connectivity index (χ4v) is 8.15. The molecule has 0 unspecified atom stereocenters. The van der Waals surface area contributed by atoms with Gasteiger partial charge in [-0.2, -0.15) is 0 Å². The van der Waals surface area contributed by atoms with Gasteiger partial charge in [-0.05, 0) is 0 Å². The second-order valence-corrected chi connectivity index (χ2v) is 10.1. The molecule has 4 heteroatoms. The maximum absolute atomic E-state index is 13.8. The Morgan fingerprint density at radius 3 is 1.50 bits per heavy atom. The molecule has 0 saturated carbocycles. The predicted molar refractivity (Wildman–Crippen MR) is 73.1 cm³/mol. The summed E-state index contributed by atoms with van der Waals surface area (Å²) in [6, 6.07) is 10.8. The third kappa shape index (κ3) is 3.02. The average Bonchev–Trinajstić information content (AvgIpc) is 2.36. The Kier molecular flexibility index (Phi) is 4.58. The summed E-state index contributed by atoms with van der Waals surface area (Å²) in [7, 11) is 0. The van der Waals surface area contributed by atoms with Crippen molar-refractivity contribution in [3.63, 3.8) is 0 Å². The number of hydrogen-bond donors (Lipinski definition) is 0. The van der Waals surface area contributed by atoms with Gasteiger partial charge in [0.25, 0.3) is 0 Å². The fourth-order valence-electron chi connectivity index (χ4n) is 1.46. The molecule has 0 spiro atoms.